The Balaban J connectivity index is 1.22. The summed E-state index contributed by atoms with van der Waals surface area (Å²) in [6, 6.07) is 2.12. The van der Waals surface area contributed by atoms with Crippen LogP contribution in [0.15, 0.2) is 16.8 Å². The van der Waals surface area contributed by atoms with E-state index in [2.05, 4.69) is 19.9 Å². The summed E-state index contributed by atoms with van der Waals surface area (Å²) in [6.07, 6.45) is 4.55. The van der Waals surface area contributed by atoms with Gasteiger partial charge in [-0.25, -0.2) is 9.18 Å². The van der Waals surface area contributed by atoms with E-state index in [0.29, 0.717) is 18.4 Å². The minimum absolute atomic E-state index is 0.182. The molecule has 0 radical (unpaired) electrons. The third kappa shape index (κ3) is 4.07. The summed E-state index contributed by atoms with van der Waals surface area (Å²) in [7, 11) is 0. The highest BCUT2D eigenvalue weighted by Gasteiger charge is 2.51. The summed E-state index contributed by atoms with van der Waals surface area (Å²) in [5.74, 6) is 0.358. The zero-order chi connectivity index (χ0) is 23.2. The van der Waals surface area contributed by atoms with Crippen molar-refractivity contribution in [3.05, 3.63) is 29.5 Å². The molecule has 2 aliphatic heterocycles. The monoisotopic (exact) mass is 457 g/mol. The van der Waals surface area contributed by atoms with Gasteiger partial charge in [-0.05, 0) is 40.0 Å². The Morgan fingerprint density at radius 3 is 2.70 bits per heavy atom. The number of aryl methyl sites for hydroxylation is 2. The van der Waals surface area contributed by atoms with E-state index in [4.69, 9.17) is 9.26 Å². The molecular formula is C24H32FN5O3. The van der Waals surface area contributed by atoms with Crippen LogP contribution in [0, 0.1) is 25.1 Å². The molecule has 4 heterocycles. The average molecular weight is 458 g/mol. The number of carbonyl (C=O) groups excluding carboxylic acids is 1. The van der Waals surface area contributed by atoms with Gasteiger partial charge in [0.2, 0.25) is 0 Å². The van der Waals surface area contributed by atoms with Gasteiger partial charge >= 0.3 is 6.09 Å². The number of ether oxygens (including phenoxy) is 1. The minimum Gasteiger partial charge on any atom is -0.450 e. The maximum Gasteiger partial charge on any atom is 0.409 e. The molecule has 8 nitrogen and oxygen atoms in total. The second-order valence-corrected chi connectivity index (χ2v) is 9.70. The predicted molar refractivity (Wildman–Crippen MR) is 122 cm³/mol. The van der Waals surface area contributed by atoms with Gasteiger partial charge in [-0.3, -0.25) is 9.88 Å². The number of likely N-dealkylation sites (tertiary alicyclic amines) is 1. The number of anilines is 1. The van der Waals surface area contributed by atoms with Gasteiger partial charge in [0.25, 0.3) is 0 Å². The largest absolute Gasteiger partial charge is 0.450 e. The minimum atomic E-state index is -0.336. The molecule has 0 N–H and O–H groups in total. The zero-order valence-electron chi connectivity index (χ0n) is 19.6. The van der Waals surface area contributed by atoms with E-state index in [1.54, 1.807) is 6.07 Å². The number of hydrogen-bond acceptors (Lipinski definition) is 7. The second kappa shape index (κ2) is 8.59. The van der Waals surface area contributed by atoms with E-state index in [-0.39, 0.29) is 17.3 Å². The number of piperazine rings is 1. The molecule has 2 saturated heterocycles. The molecule has 2 aromatic rings. The Morgan fingerprint density at radius 1 is 1.27 bits per heavy atom. The third-order valence-electron chi connectivity index (χ3n) is 7.53. The van der Waals surface area contributed by atoms with E-state index in [1.165, 1.54) is 12.6 Å². The van der Waals surface area contributed by atoms with Gasteiger partial charge in [-0.2, -0.15) is 0 Å². The number of halogens is 1. The molecule has 0 aromatic carbocycles. The van der Waals surface area contributed by atoms with Crippen molar-refractivity contribution in [2.24, 2.45) is 5.41 Å². The van der Waals surface area contributed by atoms with Crippen LogP contribution >= 0.6 is 0 Å². The first-order chi connectivity index (χ1) is 15.9. The van der Waals surface area contributed by atoms with Crippen molar-refractivity contribution in [1.29, 1.82) is 0 Å². The highest BCUT2D eigenvalue weighted by atomic mass is 19.1. The lowest BCUT2D eigenvalue weighted by Crippen LogP contribution is -2.58. The first kappa shape index (κ1) is 22.1. The van der Waals surface area contributed by atoms with Gasteiger partial charge in [0, 0.05) is 56.8 Å². The van der Waals surface area contributed by atoms with Crippen LogP contribution in [0.2, 0.25) is 0 Å². The molecule has 3 fully saturated rings. The smallest absolute Gasteiger partial charge is 0.409 e. The third-order valence-corrected chi connectivity index (χ3v) is 7.53. The molecule has 2 aromatic heterocycles. The molecule has 1 aliphatic carbocycles. The Kier molecular flexibility index (Phi) is 5.76. The maximum atomic E-state index is 14.2. The molecule has 33 heavy (non-hydrogen) atoms. The van der Waals surface area contributed by atoms with E-state index >= 15 is 0 Å². The van der Waals surface area contributed by atoms with Gasteiger partial charge in [-0.1, -0.05) is 5.16 Å². The van der Waals surface area contributed by atoms with Crippen molar-refractivity contribution < 1.29 is 18.4 Å². The Hall–Kier alpha value is -2.68. The van der Waals surface area contributed by atoms with Crippen LogP contribution in [0.4, 0.5) is 14.9 Å². The van der Waals surface area contributed by atoms with Crippen molar-refractivity contribution in [3.63, 3.8) is 0 Å². The summed E-state index contributed by atoms with van der Waals surface area (Å²) in [4.78, 5) is 23.0. The van der Waals surface area contributed by atoms with Crippen LogP contribution in [0.3, 0.4) is 0 Å². The number of pyridine rings is 1. The first-order valence-electron chi connectivity index (χ1n) is 11.9. The zero-order valence-corrected chi connectivity index (χ0v) is 19.6. The molecule has 178 valence electrons. The highest BCUT2D eigenvalue weighted by molar-refractivity contribution is 5.77. The topological polar surface area (TPSA) is 74.9 Å². The molecule has 0 unspecified atom stereocenters. The molecule has 1 spiro atoms. The van der Waals surface area contributed by atoms with Crippen LogP contribution in [-0.4, -0.2) is 78.0 Å². The van der Waals surface area contributed by atoms with Gasteiger partial charge in [0.15, 0.2) is 0 Å². The maximum absolute atomic E-state index is 14.2. The number of rotatable bonds is 4. The van der Waals surface area contributed by atoms with Gasteiger partial charge in [0.05, 0.1) is 35.4 Å². The molecule has 1 amide bonds. The Morgan fingerprint density at radius 2 is 2.03 bits per heavy atom. The molecule has 9 heteroatoms. The quantitative estimate of drug-likeness (QED) is 0.694. The summed E-state index contributed by atoms with van der Waals surface area (Å²) >= 11 is 0. The van der Waals surface area contributed by atoms with Crippen molar-refractivity contribution in [3.8, 4) is 11.3 Å². The van der Waals surface area contributed by atoms with E-state index < -0.39 is 0 Å². The lowest BCUT2D eigenvalue weighted by Gasteiger charge is -2.48. The normalized spacial score (nSPS) is 22.6. The molecule has 5 rings (SSSR count). The Labute approximate surface area is 193 Å². The fraction of sp³-hybridized carbons (Fsp3) is 0.625. The highest BCUT2D eigenvalue weighted by Crippen LogP contribution is 2.47. The van der Waals surface area contributed by atoms with Gasteiger partial charge in [0.1, 0.15) is 11.6 Å². The number of hydrogen-bond donors (Lipinski definition) is 0. The van der Waals surface area contributed by atoms with E-state index in [1.807, 2.05) is 25.7 Å². The van der Waals surface area contributed by atoms with Crippen molar-refractivity contribution in [2.45, 2.75) is 46.1 Å². The standard InChI is InChI=1S/C24H32FN5O3/c1-4-32-23(31)30-14-24(15-30)6-5-19(12-24)28-7-9-29(10-8-28)20-11-18(25)13-26-22(20)21-16(2)27-33-17(21)3/h11,13,19H,4-10,12,14-15H2,1-3H3/t19-/m1/s1. The SMILES string of the molecule is CCOC(=O)N1CC2(CC[C@@H](N3CCN(c4cc(F)cnc4-c4c(C)noc4C)CC3)C2)C1. The number of aromatic nitrogens is 2. The van der Waals surface area contributed by atoms with E-state index in [9.17, 15) is 9.18 Å². The van der Waals surface area contributed by atoms with Crippen LogP contribution < -0.4 is 4.90 Å². The lowest BCUT2D eigenvalue weighted by molar-refractivity contribution is -0.00294. The van der Waals surface area contributed by atoms with Crippen molar-refractivity contribution in [1.82, 2.24) is 19.9 Å². The molecular weight excluding hydrogens is 425 g/mol. The van der Waals surface area contributed by atoms with E-state index in [0.717, 1.165) is 74.7 Å². The van der Waals surface area contributed by atoms with Crippen molar-refractivity contribution in [2.75, 3.05) is 50.8 Å². The summed E-state index contributed by atoms with van der Waals surface area (Å²) in [5.41, 5.74) is 3.41. The molecule has 1 atom stereocenters. The number of carbonyl (C=O) groups is 1. The van der Waals surface area contributed by atoms with Crippen LogP contribution in [0.25, 0.3) is 11.3 Å². The van der Waals surface area contributed by atoms with Crippen LogP contribution in [-0.2, 0) is 4.74 Å². The van der Waals surface area contributed by atoms with Crippen LogP contribution in [0.1, 0.15) is 37.6 Å². The van der Waals surface area contributed by atoms with Gasteiger partial charge in [-0.15, -0.1) is 0 Å². The first-order valence-corrected chi connectivity index (χ1v) is 11.9. The predicted octanol–water partition coefficient (Wildman–Crippen LogP) is 3.63. The number of amides is 1. The molecule has 1 saturated carbocycles. The lowest BCUT2D eigenvalue weighted by atomic mass is 9.78. The number of nitrogens with zero attached hydrogens (tertiary/aromatic N) is 5. The summed E-state index contributed by atoms with van der Waals surface area (Å²) in [5, 5.41) is 4.05. The Bertz CT molecular complexity index is 1010. The van der Waals surface area contributed by atoms with Crippen LogP contribution in [0.5, 0.6) is 0 Å². The molecule has 0 bridgehead atoms. The molecule has 3 aliphatic rings. The summed E-state index contributed by atoms with van der Waals surface area (Å²) < 4.78 is 24.6. The van der Waals surface area contributed by atoms with Crippen molar-refractivity contribution >= 4 is 11.8 Å². The summed E-state index contributed by atoms with van der Waals surface area (Å²) in [6.45, 7) is 11.2. The fourth-order valence-corrected chi connectivity index (χ4v) is 5.89. The van der Waals surface area contributed by atoms with Gasteiger partial charge < -0.3 is 19.1 Å². The average Bonchev–Trinajstić information content (AvgIpc) is 3.37. The fourth-order valence-electron chi connectivity index (χ4n) is 5.89. The second-order valence-electron chi connectivity index (χ2n) is 9.70.